The predicted molar refractivity (Wildman–Crippen MR) is 131 cm³/mol. The summed E-state index contributed by atoms with van der Waals surface area (Å²) in [6.45, 7) is 10.4. The Hall–Kier alpha value is -3.46. The number of hydrogen-bond donors (Lipinski definition) is 2. The van der Waals surface area contributed by atoms with Crippen LogP contribution in [-0.2, 0) is 19.6 Å². The van der Waals surface area contributed by atoms with Gasteiger partial charge in [0.25, 0.3) is 0 Å². The van der Waals surface area contributed by atoms with Crippen LogP contribution in [0.2, 0.25) is 0 Å². The number of hydrogen-bond acceptors (Lipinski definition) is 4. The van der Waals surface area contributed by atoms with E-state index in [1.54, 1.807) is 6.20 Å². The second-order valence-electron chi connectivity index (χ2n) is 7.77. The third kappa shape index (κ3) is 4.72. The molecule has 0 amide bonds. The van der Waals surface area contributed by atoms with Gasteiger partial charge in [0.05, 0.1) is 48.2 Å². The molecule has 32 heavy (non-hydrogen) atoms. The summed E-state index contributed by atoms with van der Waals surface area (Å²) >= 11 is 5.55. The molecular weight excluding hydrogens is 420 g/mol. The molecule has 0 bridgehead atoms. The largest absolute Gasteiger partial charge is 0.330 e. The lowest BCUT2D eigenvalue weighted by molar-refractivity contribution is 0.633. The Morgan fingerprint density at radius 3 is 2.44 bits per heavy atom. The Kier molecular flexibility index (Phi) is 6.36. The second-order valence-corrected chi connectivity index (χ2v) is 8.17. The van der Waals surface area contributed by atoms with Gasteiger partial charge in [-0.1, -0.05) is 30.3 Å². The second kappa shape index (κ2) is 9.35. The van der Waals surface area contributed by atoms with Crippen molar-refractivity contribution in [2.75, 3.05) is 10.6 Å². The topological polar surface area (TPSA) is 77.5 Å². The lowest BCUT2D eigenvalue weighted by atomic mass is 10.2. The highest BCUT2D eigenvalue weighted by atomic mass is 32.1. The molecule has 4 aromatic rings. The highest BCUT2D eigenvalue weighted by molar-refractivity contribution is 7.80. The van der Waals surface area contributed by atoms with Crippen LogP contribution >= 0.6 is 12.2 Å². The van der Waals surface area contributed by atoms with Crippen LogP contribution in [0.4, 0.5) is 11.4 Å². The van der Waals surface area contributed by atoms with Gasteiger partial charge in [0.1, 0.15) is 0 Å². The molecule has 0 aliphatic carbocycles. The van der Waals surface area contributed by atoms with Gasteiger partial charge in [-0.25, -0.2) is 0 Å². The van der Waals surface area contributed by atoms with Gasteiger partial charge in [-0.2, -0.15) is 15.3 Å². The van der Waals surface area contributed by atoms with Crippen molar-refractivity contribution in [2.45, 2.75) is 47.3 Å². The number of thiocarbonyl (C=S) groups is 1. The van der Waals surface area contributed by atoms with E-state index in [0.29, 0.717) is 11.7 Å². The molecule has 0 saturated carbocycles. The fourth-order valence-electron chi connectivity index (χ4n) is 3.71. The van der Waals surface area contributed by atoms with Crippen LogP contribution in [0.1, 0.15) is 35.1 Å². The molecule has 0 radical (unpaired) electrons. The van der Waals surface area contributed by atoms with Crippen molar-refractivity contribution in [1.29, 1.82) is 0 Å². The van der Waals surface area contributed by atoms with Gasteiger partial charge in [0.2, 0.25) is 0 Å². The number of aryl methyl sites for hydroxylation is 2. The number of nitrogens with zero attached hydrogens (tertiary/aromatic N) is 6. The summed E-state index contributed by atoms with van der Waals surface area (Å²) in [6, 6.07) is 10.3. The summed E-state index contributed by atoms with van der Waals surface area (Å²) in [6.07, 6.45) is 5.61. The average Bonchev–Trinajstić information content (AvgIpc) is 3.44. The number of nitrogens with one attached hydrogen (secondary N) is 2. The van der Waals surface area contributed by atoms with E-state index in [1.165, 1.54) is 5.56 Å². The maximum Gasteiger partial charge on any atom is 0.175 e. The average molecular weight is 449 g/mol. The van der Waals surface area contributed by atoms with Crippen LogP contribution in [0, 0.1) is 20.8 Å². The van der Waals surface area contributed by atoms with Crippen molar-refractivity contribution in [3.63, 3.8) is 0 Å². The summed E-state index contributed by atoms with van der Waals surface area (Å²) in [4.78, 5) is 0. The summed E-state index contributed by atoms with van der Waals surface area (Å²) in [7, 11) is 0. The predicted octanol–water partition coefficient (Wildman–Crippen LogP) is 4.13. The van der Waals surface area contributed by atoms with Crippen molar-refractivity contribution in [1.82, 2.24) is 29.3 Å². The lowest BCUT2D eigenvalue weighted by Crippen LogP contribution is -2.19. The zero-order valence-corrected chi connectivity index (χ0v) is 19.6. The Labute approximate surface area is 193 Å². The molecule has 0 aliphatic rings. The molecule has 0 unspecified atom stereocenters. The van der Waals surface area contributed by atoms with E-state index in [2.05, 4.69) is 51.9 Å². The maximum atomic E-state index is 5.55. The van der Waals surface area contributed by atoms with Gasteiger partial charge in [-0.05, 0) is 45.5 Å². The van der Waals surface area contributed by atoms with E-state index in [1.807, 2.05) is 58.5 Å². The first-order valence-electron chi connectivity index (χ1n) is 10.6. The van der Waals surface area contributed by atoms with Gasteiger partial charge in [0.15, 0.2) is 5.11 Å². The smallest absolute Gasteiger partial charge is 0.175 e. The minimum atomic E-state index is 0.505. The number of aromatic nitrogens is 6. The number of rotatable bonds is 7. The molecular formula is C23H28N8S. The molecule has 0 aliphatic heterocycles. The Morgan fingerprint density at radius 2 is 1.72 bits per heavy atom. The normalized spacial score (nSPS) is 11.0. The number of anilines is 2. The Bertz CT molecular complexity index is 1220. The third-order valence-electron chi connectivity index (χ3n) is 5.52. The van der Waals surface area contributed by atoms with Gasteiger partial charge >= 0.3 is 0 Å². The van der Waals surface area contributed by atoms with Crippen LogP contribution < -0.4 is 10.6 Å². The van der Waals surface area contributed by atoms with Crippen molar-refractivity contribution >= 4 is 28.7 Å². The molecule has 4 rings (SSSR count). The van der Waals surface area contributed by atoms with Crippen LogP contribution in [0.25, 0.3) is 0 Å². The molecule has 0 fully saturated rings. The Morgan fingerprint density at radius 1 is 0.938 bits per heavy atom. The molecule has 0 saturated heterocycles. The highest BCUT2D eigenvalue weighted by Crippen LogP contribution is 2.21. The molecule has 1 aromatic carbocycles. The van der Waals surface area contributed by atoms with Gasteiger partial charge < -0.3 is 10.6 Å². The standard InChI is InChI=1S/C23H28N8S/c1-5-30-17(3)20(11-25-30)14-29-15-21(12-24-29)26-23(32)27-22-16(2)28-31(18(22)4)13-19-9-7-6-8-10-19/h6-12,15H,5,13-14H2,1-4H3,(H2,26,27,32). The number of benzene rings is 1. The van der Waals surface area contributed by atoms with Crippen molar-refractivity contribution in [3.05, 3.63) is 77.1 Å². The van der Waals surface area contributed by atoms with Gasteiger partial charge in [-0.15, -0.1) is 0 Å². The molecule has 0 atom stereocenters. The van der Waals surface area contributed by atoms with Gasteiger partial charge in [-0.3, -0.25) is 14.0 Å². The Balaban J connectivity index is 1.39. The van der Waals surface area contributed by atoms with E-state index in [4.69, 9.17) is 12.2 Å². The first-order valence-corrected chi connectivity index (χ1v) is 11.0. The lowest BCUT2D eigenvalue weighted by Gasteiger charge is -2.10. The van der Waals surface area contributed by atoms with Crippen LogP contribution in [-0.4, -0.2) is 34.5 Å². The van der Waals surface area contributed by atoms with Crippen LogP contribution in [0.3, 0.4) is 0 Å². The molecule has 166 valence electrons. The van der Waals surface area contributed by atoms with Crippen molar-refractivity contribution in [3.8, 4) is 0 Å². The van der Waals surface area contributed by atoms with E-state index in [0.717, 1.165) is 47.1 Å². The summed E-state index contributed by atoms with van der Waals surface area (Å²) in [5, 5.41) is 20.5. The fraction of sp³-hybridized carbons (Fsp3) is 0.304. The van der Waals surface area contributed by atoms with Crippen LogP contribution in [0.15, 0.2) is 48.9 Å². The highest BCUT2D eigenvalue weighted by Gasteiger charge is 2.14. The summed E-state index contributed by atoms with van der Waals surface area (Å²) in [5.41, 5.74) is 7.21. The molecule has 0 spiro atoms. The zero-order valence-electron chi connectivity index (χ0n) is 18.8. The minimum Gasteiger partial charge on any atom is -0.330 e. The first kappa shape index (κ1) is 21.8. The minimum absolute atomic E-state index is 0.505. The van der Waals surface area contributed by atoms with E-state index in [9.17, 15) is 0 Å². The molecule has 3 heterocycles. The first-order chi connectivity index (χ1) is 15.4. The summed E-state index contributed by atoms with van der Waals surface area (Å²) < 4.78 is 5.86. The monoisotopic (exact) mass is 448 g/mol. The fourth-order valence-corrected chi connectivity index (χ4v) is 3.93. The van der Waals surface area contributed by atoms with Crippen molar-refractivity contribution < 1.29 is 0 Å². The van der Waals surface area contributed by atoms with Crippen LogP contribution in [0.5, 0.6) is 0 Å². The SMILES string of the molecule is CCn1ncc(Cn2cc(NC(=S)Nc3c(C)nn(Cc4ccccc4)c3C)cn2)c1C. The van der Waals surface area contributed by atoms with E-state index in [-0.39, 0.29) is 0 Å². The zero-order chi connectivity index (χ0) is 22.7. The quantitative estimate of drug-likeness (QED) is 0.414. The molecule has 8 nitrogen and oxygen atoms in total. The van der Waals surface area contributed by atoms with E-state index >= 15 is 0 Å². The summed E-state index contributed by atoms with van der Waals surface area (Å²) in [5.74, 6) is 0. The molecule has 2 N–H and O–H groups in total. The maximum absolute atomic E-state index is 5.55. The van der Waals surface area contributed by atoms with Crippen molar-refractivity contribution in [2.24, 2.45) is 0 Å². The molecule has 3 aromatic heterocycles. The van der Waals surface area contributed by atoms with E-state index < -0.39 is 0 Å². The third-order valence-corrected chi connectivity index (χ3v) is 5.73. The van der Waals surface area contributed by atoms with Gasteiger partial charge in [0, 0.05) is 24.0 Å². The molecule has 9 heteroatoms.